The predicted molar refractivity (Wildman–Crippen MR) is 99.4 cm³/mol. The fourth-order valence-corrected chi connectivity index (χ4v) is 2.98. The van der Waals surface area contributed by atoms with Crippen molar-refractivity contribution in [3.05, 3.63) is 53.9 Å². The summed E-state index contributed by atoms with van der Waals surface area (Å²) >= 11 is 0. The zero-order chi connectivity index (χ0) is 17.9. The number of carbonyl (C=O) groups excluding carboxylic acids is 1. The summed E-state index contributed by atoms with van der Waals surface area (Å²) in [6.07, 6.45) is 3.37. The number of ether oxygens (including phenoxy) is 1. The molecule has 1 fully saturated rings. The van der Waals surface area contributed by atoms with Gasteiger partial charge >= 0.3 is 0 Å². The van der Waals surface area contributed by atoms with E-state index < -0.39 is 0 Å². The van der Waals surface area contributed by atoms with Crippen molar-refractivity contribution >= 4 is 17.3 Å². The predicted octanol–water partition coefficient (Wildman–Crippen LogP) is 3.60. The third kappa shape index (κ3) is 4.17. The van der Waals surface area contributed by atoms with Crippen LogP contribution in [-0.2, 0) is 10.2 Å². The molecule has 1 aromatic heterocycles. The number of hydrogen-bond acceptors (Lipinski definition) is 4. The second-order valence-electron chi connectivity index (χ2n) is 7.29. The quantitative estimate of drug-likeness (QED) is 0.928. The van der Waals surface area contributed by atoms with Gasteiger partial charge in [0.05, 0.1) is 30.7 Å². The molecule has 1 aromatic carbocycles. The molecule has 1 aliphatic rings. The van der Waals surface area contributed by atoms with E-state index in [9.17, 15) is 4.79 Å². The van der Waals surface area contributed by atoms with Gasteiger partial charge in [-0.3, -0.25) is 9.78 Å². The van der Waals surface area contributed by atoms with Gasteiger partial charge in [0.25, 0.3) is 5.91 Å². The fraction of sp³-hybridized carbons (Fsp3) is 0.400. The van der Waals surface area contributed by atoms with Crippen molar-refractivity contribution in [1.29, 1.82) is 0 Å². The Balaban J connectivity index is 1.82. The summed E-state index contributed by atoms with van der Waals surface area (Å²) in [5, 5.41) is 3.42. The van der Waals surface area contributed by atoms with Gasteiger partial charge in [-0.2, -0.15) is 0 Å². The molecule has 2 aromatic rings. The van der Waals surface area contributed by atoms with E-state index in [4.69, 9.17) is 4.74 Å². The van der Waals surface area contributed by atoms with Gasteiger partial charge in [0.2, 0.25) is 0 Å². The third-order valence-electron chi connectivity index (χ3n) is 4.30. The number of para-hydroxylation sites is 1. The average Bonchev–Trinajstić information content (AvgIpc) is 2.62. The number of hydrogen-bond donors (Lipinski definition) is 1. The first-order valence-corrected chi connectivity index (χ1v) is 8.64. The Labute approximate surface area is 149 Å². The first-order chi connectivity index (χ1) is 11.9. The van der Waals surface area contributed by atoms with Crippen molar-refractivity contribution in [2.75, 3.05) is 31.6 Å². The normalized spacial score (nSPS) is 15.1. The third-order valence-corrected chi connectivity index (χ3v) is 4.30. The fourth-order valence-electron chi connectivity index (χ4n) is 2.98. The van der Waals surface area contributed by atoms with Crippen LogP contribution in [0, 0.1) is 0 Å². The van der Waals surface area contributed by atoms with Gasteiger partial charge in [0.1, 0.15) is 0 Å². The van der Waals surface area contributed by atoms with E-state index in [0.29, 0.717) is 31.9 Å². The highest BCUT2D eigenvalue weighted by Crippen LogP contribution is 2.31. The molecule has 0 radical (unpaired) electrons. The zero-order valence-electron chi connectivity index (χ0n) is 15.1. The number of rotatable bonds is 3. The van der Waals surface area contributed by atoms with Gasteiger partial charge < -0.3 is 15.0 Å². The van der Waals surface area contributed by atoms with E-state index in [1.807, 2.05) is 23.1 Å². The molecule has 1 amide bonds. The van der Waals surface area contributed by atoms with Gasteiger partial charge in [-0.1, -0.05) is 39.0 Å². The monoisotopic (exact) mass is 339 g/mol. The molecule has 5 nitrogen and oxygen atoms in total. The van der Waals surface area contributed by atoms with Crippen LogP contribution >= 0.6 is 0 Å². The van der Waals surface area contributed by atoms with E-state index in [0.717, 1.165) is 11.4 Å². The molecule has 0 unspecified atom stereocenters. The Hall–Kier alpha value is -2.40. The molecule has 0 saturated carbocycles. The number of amides is 1. The van der Waals surface area contributed by atoms with Gasteiger partial charge in [-0.25, -0.2) is 0 Å². The van der Waals surface area contributed by atoms with Crippen LogP contribution in [0.3, 0.4) is 0 Å². The minimum atomic E-state index is 0.00329. The second-order valence-corrected chi connectivity index (χ2v) is 7.29. The highest BCUT2D eigenvalue weighted by Gasteiger charge is 2.20. The lowest BCUT2D eigenvalue weighted by atomic mass is 9.86. The summed E-state index contributed by atoms with van der Waals surface area (Å²) in [6.45, 7) is 9.00. The van der Waals surface area contributed by atoms with Crippen LogP contribution in [0.25, 0.3) is 0 Å². The summed E-state index contributed by atoms with van der Waals surface area (Å²) in [6, 6.07) is 10.1. The molecule has 1 N–H and O–H groups in total. The number of benzene rings is 1. The Morgan fingerprint density at radius 3 is 2.60 bits per heavy atom. The maximum atomic E-state index is 12.6. The van der Waals surface area contributed by atoms with E-state index in [1.54, 1.807) is 12.4 Å². The first kappa shape index (κ1) is 17.4. The standard InChI is InChI=1S/C20H25N3O2/c1-20(2,3)17-6-4-5-7-18(17)22-16-12-15(13-21-14-16)19(24)23-8-10-25-11-9-23/h4-7,12-14,22H,8-11H2,1-3H3. The Bertz CT molecular complexity index is 747. The van der Waals surface area contributed by atoms with Gasteiger partial charge in [-0.15, -0.1) is 0 Å². The molecular weight excluding hydrogens is 314 g/mol. The maximum Gasteiger partial charge on any atom is 0.255 e. The average molecular weight is 339 g/mol. The molecule has 0 aliphatic carbocycles. The summed E-state index contributed by atoms with van der Waals surface area (Å²) in [4.78, 5) is 18.7. The molecule has 132 valence electrons. The molecular formula is C20H25N3O2. The Morgan fingerprint density at radius 1 is 1.16 bits per heavy atom. The van der Waals surface area contributed by atoms with Crippen molar-refractivity contribution in [3.63, 3.8) is 0 Å². The van der Waals surface area contributed by atoms with Crippen molar-refractivity contribution in [2.24, 2.45) is 0 Å². The number of aromatic nitrogens is 1. The lowest BCUT2D eigenvalue weighted by Gasteiger charge is -2.27. The van der Waals surface area contributed by atoms with E-state index in [1.165, 1.54) is 5.56 Å². The van der Waals surface area contributed by atoms with Crippen molar-refractivity contribution in [3.8, 4) is 0 Å². The van der Waals surface area contributed by atoms with Gasteiger partial charge in [0, 0.05) is 25.0 Å². The van der Waals surface area contributed by atoms with Crippen molar-refractivity contribution < 1.29 is 9.53 Å². The van der Waals surface area contributed by atoms with Gasteiger partial charge in [0.15, 0.2) is 0 Å². The zero-order valence-corrected chi connectivity index (χ0v) is 15.1. The summed E-state index contributed by atoms with van der Waals surface area (Å²) in [5.74, 6) is 0.00329. The Morgan fingerprint density at radius 2 is 1.88 bits per heavy atom. The molecule has 3 rings (SSSR count). The van der Waals surface area contributed by atoms with Crippen LogP contribution in [0.4, 0.5) is 11.4 Å². The summed E-state index contributed by atoms with van der Waals surface area (Å²) in [7, 11) is 0. The largest absolute Gasteiger partial charge is 0.378 e. The topological polar surface area (TPSA) is 54.5 Å². The smallest absolute Gasteiger partial charge is 0.255 e. The SMILES string of the molecule is CC(C)(C)c1ccccc1Nc1cncc(C(=O)N2CCOCC2)c1. The molecule has 0 bridgehead atoms. The molecule has 0 spiro atoms. The van der Waals surface area contributed by atoms with Crippen LogP contribution in [0.15, 0.2) is 42.7 Å². The van der Waals surface area contributed by atoms with Gasteiger partial charge in [-0.05, 0) is 23.1 Å². The van der Waals surface area contributed by atoms with Crippen LogP contribution in [0.5, 0.6) is 0 Å². The minimum Gasteiger partial charge on any atom is -0.378 e. The van der Waals surface area contributed by atoms with Crippen LogP contribution in [0.1, 0.15) is 36.7 Å². The number of pyridine rings is 1. The molecule has 0 atom stereocenters. The Kier molecular flexibility index (Phi) is 5.04. The molecule has 1 saturated heterocycles. The highest BCUT2D eigenvalue weighted by atomic mass is 16.5. The van der Waals surface area contributed by atoms with Crippen molar-refractivity contribution in [2.45, 2.75) is 26.2 Å². The van der Waals surface area contributed by atoms with Crippen LogP contribution in [0.2, 0.25) is 0 Å². The minimum absolute atomic E-state index is 0.00329. The van der Waals surface area contributed by atoms with E-state index in [-0.39, 0.29) is 11.3 Å². The maximum absolute atomic E-state index is 12.6. The number of nitrogens with one attached hydrogen (secondary N) is 1. The highest BCUT2D eigenvalue weighted by molar-refractivity contribution is 5.95. The molecule has 2 heterocycles. The number of morpholine rings is 1. The molecule has 1 aliphatic heterocycles. The molecule has 25 heavy (non-hydrogen) atoms. The van der Waals surface area contributed by atoms with Crippen LogP contribution < -0.4 is 5.32 Å². The summed E-state index contributed by atoms with van der Waals surface area (Å²) in [5.41, 5.74) is 3.70. The number of carbonyl (C=O) groups is 1. The first-order valence-electron chi connectivity index (χ1n) is 8.64. The lowest BCUT2D eigenvalue weighted by molar-refractivity contribution is 0.0302. The van der Waals surface area contributed by atoms with Crippen molar-refractivity contribution in [1.82, 2.24) is 9.88 Å². The lowest BCUT2D eigenvalue weighted by Crippen LogP contribution is -2.40. The number of anilines is 2. The number of nitrogens with zero attached hydrogens (tertiary/aromatic N) is 2. The van der Waals surface area contributed by atoms with E-state index >= 15 is 0 Å². The molecule has 5 heteroatoms. The summed E-state index contributed by atoms with van der Waals surface area (Å²) < 4.78 is 5.31. The van der Waals surface area contributed by atoms with Crippen LogP contribution in [-0.4, -0.2) is 42.1 Å². The second kappa shape index (κ2) is 7.23. The van der Waals surface area contributed by atoms with E-state index in [2.05, 4.69) is 43.2 Å².